The highest BCUT2D eigenvalue weighted by atomic mass is 16.6. The molecule has 1 aromatic carbocycles. The molecule has 0 bridgehead atoms. The van der Waals surface area contributed by atoms with Crippen LogP contribution in [0.25, 0.3) is 6.08 Å². The van der Waals surface area contributed by atoms with E-state index < -0.39 is 0 Å². The Labute approximate surface area is 153 Å². The zero-order chi connectivity index (χ0) is 17.7. The van der Waals surface area contributed by atoms with E-state index in [0.717, 1.165) is 32.4 Å². The van der Waals surface area contributed by atoms with Crippen LogP contribution in [-0.4, -0.2) is 42.1 Å². The van der Waals surface area contributed by atoms with Crippen molar-refractivity contribution in [2.24, 2.45) is 5.92 Å². The van der Waals surface area contributed by atoms with E-state index in [2.05, 4.69) is 35.7 Å². The van der Waals surface area contributed by atoms with Gasteiger partial charge in [-0.1, -0.05) is 30.4 Å². The third kappa shape index (κ3) is 2.61. The van der Waals surface area contributed by atoms with Gasteiger partial charge in [-0.15, -0.1) is 0 Å². The predicted molar refractivity (Wildman–Crippen MR) is 97.7 cm³/mol. The van der Waals surface area contributed by atoms with E-state index in [1.807, 2.05) is 4.90 Å². The SMILES string of the molecule is O=C1NC2(CO1)CC(C(=O)N1CCC(c3ccc4c(c3)C=CC4)CC1)C2. The first-order valence-corrected chi connectivity index (χ1v) is 9.65. The van der Waals surface area contributed by atoms with Gasteiger partial charge >= 0.3 is 6.09 Å². The molecular formula is C21H24N2O3. The summed E-state index contributed by atoms with van der Waals surface area (Å²) in [4.78, 5) is 26.0. The summed E-state index contributed by atoms with van der Waals surface area (Å²) in [6.45, 7) is 2.08. The number of ether oxygens (including phenoxy) is 1. The zero-order valence-corrected chi connectivity index (χ0v) is 14.9. The second kappa shape index (κ2) is 5.86. The number of carbonyl (C=O) groups excluding carboxylic acids is 2. The Bertz CT molecular complexity index is 786. The van der Waals surface area contributed by atoms with Gasteiger partial charge < -0.3 is 15.0 Å². The highest BCUT2D eigenvalue weighted by Crippen LogP contribution is 2.42. The third-order valence-electron chi connectivity index (χ3n) is 6.55. The quantitative estimate of drug-likeness (QED) is 0.890. The molecule has 1 saturated carbocycles. The number of hydrogen-bond acceptors (Lipinski definition) is 3. The summed E-state index contributed by atoms with van der Waals surface area (Å²) >= 11 is 0. The number of piperidine rings is 1. The van der Waals surface area contributed by atoms with Gasteiger partial charge in [0, 0.05) is 19.0 Å². The van der Waals surface area contributed by atoms with E-state index in [-0.39, 0.29) is 23.5 Å². The molecule has 0 unspecified atom stereocenters. The number of carbonyl (C=O) groups is 2. The molecule has 26 heavy (non-hydrogen) atoms. The Balaban J connectivity index is 1.17. The molecule has 0 aromatic heterocycles. The van der Waals surface area contributed by atoms with Crippen LogP contribution in [-0.2, 0) is 16.0 Å². The summed E-state index contributed by atoms with van der Waals surface area (Å²) in [5.41, 5.74) is 3.92. The fraction of sp³-hybridized carbons (Fsp3) is 0.524. The average Bonchev–Trinajstić information content (AvgIpc) is 3.26. The van der Waals surface area contributed by atoms with Crippen LogP contribution in [0.5, 0.6) is 0 Å². The van der Waals surface area contributed by atoms with Crippen LogP contribution in [0.2, 0.25) is 0 Å². The standard InChI is InChI=1S/C21H24N2O3/c24-19(18-11-21(12-18)13-26-20(25)22-21)23-8-6-15(7-9-23)17-5-4-14-2-1-3-16(14)10-17/h1,3-5,10,15,18H,2,6-9,11-13H2,(H,22,25). The highest BCUT2D eigenvalue weighted by molar-refractivity contribution is 5.81. The number of hydrogen-bond donors (Lipinski definition) is 1. The summed E-state index contributed by atoms with van der Waals surface area (Å²) in [7, 11) is 0. The summed E-state index contributed by atoms with van der Waals surface area (Å²) in [5.74, 6) is 0.847. The van der Waals surface area contributed by atoms with E-state index in [0.29, 0.717) is 25.4 Å². The minimum Gasteiger partial charge on any atom is -0.447 e. The van der Waals surface area contributed by atoms with Crippen LogP contribution < -0.4 is 5.32 Å². The summed E-state index contributed by atoms with van der Waals surface area (Å²) < 4.78 is 5.00. The highest BCUT2D eigenvalue weighted by Gasteiger charge is 2.53. The van der Waals surface area contributed by atoms with E-state index in [4.69, 9.17) is 4.74 Å². The number of nitrogens with one attached hydrogen (secondary N) is 1. The molecule has 0 radical (unpaired) electrons. The average molecular weight is 352 g/mol. The monoisotopic (exact) mass is 352 g/mol. The molecule has 3 fully saturated rings. The lowest BCUT2D eigenvalue weighted by Gasteiger charge is -2.45. The number of allylic oxidation sites excluding steroid dienone is 1. The summed E-state index contributed by atoms with van der Waals surface area (Å²) in [6, 6.07) is 6.86. The first kappa shape index (κ1) is 15.9. The van der Waals surface area contributed by atoms with Crippen molar-refractivity contribution in [3.05, 3.63) is 41.0 Å². The van der Waals surface area contributed by atoms with Crippen LogP contribution in [0.3, 0.4) is 0 Å². The van der Waals surface area contributed by atoms with E-state index in [1.54, 1.807) is 0 Å². The minimum absolute atomic E-state index is 0.0404. The number of amides is 2. The fourth-order valence-corrected chi connectivity index (χ4v) is 4.98. The van der Waals surface area contributed by atoms with Crippen molar-refractivity contribution in [3.63, 3.8) is 0 Å². The van der Waals surface area contributed by atoms with Gasteiger partial charge in [-0.25, -0.2) is 4.79 Å². The molecule has 2 amide bonds. The number of nitrogens with zero attached hydrogens (tertiary/aromatic N) is 1. The number of likely N-dealkylation sites (tertiary alicyclic amines) is 1. The normalized spacial score (nSPS) is 30.1. The molecule has 5 rings (SSSR count). The van der Waals surface area contributed by atoms with Crippen LogP contribution in [0.4, 0.5) is 4.79 Å². The molecule has 0 atom stereocenters. The molecule has 2 saturated heterocycles. The molecule has 1 spiro atoms. The van der Waals surface area contributed by atoms with Crippen LogP contribution in [0, 0.1) is 5.92 Å². The molecule has 2 aliphatic heterocycles. The van der Waals surface area contributed by atoms with Crippen molar-refractivity contribution in [3.8, 4) is 0 Å². The fourth-order valence-electron chi connectivity index (χ4n) is 4.98. The number of cyclic esters (lactones) is 1. The van der Waals surface area contributed by atoms with Crippen molar-refractivity contribution in [1.82, 2.24) is 10.2 Å². The second-order valence-electron chi connectivity index (χ2n) is 8.25. The minimum atomic E-state index is -0.346. The van der Waals surface area contributed by atoms with Crippen LogP contribution >= 0.6 is 0 Å². The van der Waals surface area contributed by atoms with E-state index >= 15 is 0 Å². The van der Waals surface area contributed by atoms with Gasteiger partial charge in [0.2, 0.25) is 5.91 Å². The maximum atomic E-state index is 12.8. The van der Waals surface area contributed by atoms with Crippen LogP contribution in [0.15, 0.2) is 24.3 Å². The second-order valence-corrected chi connectivity index (χ2v) is 8.25. The maximum absolute atomic E-state index is 12.8. The van der Waals surface area contributed by atoms with E-state index in [9.17, 15) is 9.59 Å². The molecule has 4 aliphatic rings. The molecule has 5 nitrogen and oxygen atoms in total. The number of rotatable bonds is 2. The van der Waals surface area contributed by atoms with Gasteiger partial charge in [-0.2, -0.15) is 0 Å². The van der Waals surface area contributed by atoms with Gasteiger partial charge in [0.25, 0.3) is 0 Å². The Morgan fingerprint density at radius 2 is 2.04 bits per heavy atom. The van der Waals surface area contributed by atoms with Gasteiger partial charge in [-0.3, -0.25) is 4.79 Å². The topological polar surface area (TPSA) is 58.6 Å². The Morgan fingerprint density at radius 1 is 1.23 bits per heavy atom. The van der Waals surface area contributed by atoms with E-state index in [1.165, 1.54) is 16.7 Å². The van der Waals surface area contributed by atoms with Crippen molar-refractivity contribution in [2.75, 3.05) is 19.7 Å². The van der Waals surface area contributed by atoms with Crippen molar-refractivity contribution >= 4 is 18.1 Å². The summed E-state index contributed by atoms with van der Waals surface area (Å²) in [6.07, 6.45) is 8.65. The number of benzene rings is 1. The molecule has 1 N–H and O–H groups in total. The van der Waals surface area contributed by atoms with Crippen molar-refractivity contribution < 1.29 is 14.3 Å². The first-order valence-electron chi connectivity index (χ1n) is 9.65. The molecule has 5 heteroatoms. The lowest BCUT2D eigenvalue weighted by Crippen LogP contribution is -2.58. The molecule has 2 aliphatic carbocycles. The number of alkyl carbamates (subject to hydrolysis) is 1. The zero-order valence-electron chi connectivity index (χ0n) is 14.9. The van der Waals surface area contributed by atoms with Crippen molar-refractivity contribution in [1.29, 1.82) is 0 Å². The van der Waals surface area contributed by atoms with Crippen molar-refractivity contribution in [2.45, 2.75) is 43.6 Å². The Hall–Kier alpha value is -2.30. The van der Waals surface area contributed by atoms with Gasteiger partial charge in [0.05, 0.1) is 5.54 Å². The molecule has 1 aromatic rings. The predicted octanol–water partition coefficient (Wildman–Crippen LogP) is 2.85. The lowest BCUT2D eigenvalue weighted by atomic mass is 9.68. The largest absolute Gasteiger partial charge is 0.447 e. The Kier molecular flexibility index (Phi) is 3.59. The van der Waals surface area contributed by atoms with Gasteiger partial charge in [0.15, 0.2) is 0 Å². The number of fused-ring (bicyclic) bond motifs is 1. The van der Waals surface area contributed by atoms with Crippen LogP contribution in [0.1, 0.15) is 48.3 Å². The smallest absolute Gasteiger partial charge is 0.407 e. The summed E-state index contributed by atoms with van der Waals surface area (Å²) in [5, 5.41) is 2.87. The molecule has 136 valence electrons. The molecular weight excluding hydrogens is 328 g/mol. The third-order valence-corrected chi connectivity index (χ3v) is 6.55. The first-order chi connectivity index (χ1) is 12.6. The molecule has 2 heterocycles. The lowest BCUT2D eigenvalue weighted by molar-refractivity contribution is -0.142. The van der Waals surface area contributed by atoms with Gasteiger partial charge in [0.1, 0.15) is 6.61 Å². The Morgan fingerprint density at radius 3 is 2.77 bits per heavy atom. The maximum Gasteiger partial charge on any atom is 0.407 e. The van der Waals surface area contributed by atoms with Gasteiger partial charge in [-0.05, 0) is 54.7 Å².